The lowest BCUT2D eigenvalue weighted by molar-refractivity contribution is -0.133. The van der Waals surface area contributed by atoms with Crippen LogP contribution in [0.3, 0.4) is 0 Å². The standard InChI is InChI=1S/C20H24N2O5/c23-18-3-1-2-12-8-15(9-13-6-7-22(18)19(12)13)27-20(24)21-14-4-5-16-17(10-14)26-11-25-16/h4-5,10,12-13,15,19H,1-3,6-9,11H2,(H,21,24). The van der Waals surface area contributed by atoms with Gasteiger partial charge in [-0.1, -0.05) is 0 Å². The molecule has 3 fully saturated rings. The lowest BCUT2D eigenvalue weighted by Gasteiger charge is -2.40. The Balaban J connectivity index is 1.23. The summed E-state index contributed by atoms with van der Waals surface area (Å²) in [6.45, 7) is 1.07. The maximum absolute atomic E-state index is 12.4. The minimum Gasteiger partial charge on any atom is -0.454 e. The highest BCUT2D eigenvalue weighted by atomic mass is 16.7. The molecule has 5 rings (SSSR count). The molecule has 27 heavy (non-hydrogen) atoms. The van der Waals surface area contributed by atoms with E-state index in [0.29, 0.717) is 47.4 Å². The summed E-state index contributed by atoms with van der Waals surface area (Å²) in [6.07, 6.45) is 4.85. The molecule has 1 aromatic carbocycles. The van der Waals surface area contributed by atoms with Crippen molar-refractivity contribution in [2.75, 3.05) is 18.7 Å². The summed E-state index contributed by atoms with van der Waals surface area (Å²) in [5.74, 6) is 2.52. The first-order valence-corrected chi connectivity index (χ1v) is 9.84. The molecule has 4 aliphatic rings. The Bertz CT molecular complexity index is 767. The molecule has 4 atom stereocenters. The largest absolute Gasteiger partial charge is 0.454 e. The van der Waals surface area contributed by atoms with Gasteiger partial charge in [0.15, 0.2) is 11.5 Å². The zero-order valence-electron chi connectivity index (χ0n) is 15.2. The SMILES string of the molecule is O=C(Nc1ccc2c(c1)OCO2)OC1CC2CCCC(=O)N3CCC(C1)C23. The zero-order valence-corrected chi connectivity index (χ0v) is 15.2. The van der Waals surface area contributed by atoms with Crippen LogP contribution in [0, 0.1) is 11.8 Å². The van der Waals surface area contributed by atoms with E-state index >= 15 is 0 Å². The number of hydrogen-bond acceptors (Lipinski definition) is 5. The van der Waals surface area contributed by atoms with E-state index in [2.05, 4.69) is 10.2 Å². The van der Waals surface area contributed by atoms with Gasteiger partial charge in [0.05, 0.1) is 0 Å². The highest BCUT2D eigenvalue weighted by Gasteiger charge is 2.48. The summed E-state index contributed by atoms with van der Waals surface area (Å²) in [5.41, 5.74) is 0.630. The molecular formula is C20H24N2O5. The molecule has 144 valence electrons. The summed E-state index contributed by atoms with van der Waals surface area (Å²) in [6, 6.07) is 5.65. The number of nitrogens with zero attached hydrogens (tertiary/aromatic N) is 1. The van der Waals surface area contributed by atoms with Crippen LogP contribution in [0.15, 0.2) is 18.2 Å². The summed E-state index contributed by atoms with van der Waals surface area (Å²) in [5, 5.41) is 2.79. The molecule has 3 aliphatic heterocycles. The van der Waals surface area contributed by atoms with Crippen LogP contribution in [0.2, 0.25) is 0 Å². The first-order valence-electron chi connectivity index (χ1n) is 9.84. The number of anilines is 1. The van der Waals surface area contributed by atoms with Crippen LogP contribution >= 0.6 is 0 Å². The second-order valence-electron chi connectivity index (χ2n) is 7.97. The van der Waals surface area contributed by atoms with Gasteiger partial charge in [0.2, 0.25) is 12.7 Å². The second kappa shape index (κ2) is 6.62. The van der Waals surface area contributed by atoms with E-state index in [4.69, 9.17) is 14.2 Å². The van der Waals surface area contributed by atoms with E-state index in [1.807, 2.05) is 0 Å². The van der Waals surface area contributed by atoms with Crippen LogP contribution in [0.4, 0.5) is 10.5 Å². The van der Waals surface area contributed by atoms with Crippen molar-refractivity contribution in [3.05, 3.63) is 18.2 Å². The Kier molecular flexibility index (Phi) is 4.10. The van der Waals surface area contributed by atoms with Gasteiger partial charge < -0.3 is 19.1 Å². The topological polar surface area (TPSA) is 77.1 Å². The van der Waals surface area contributed by atoms with Crippen LogP contribution < -0.4 is 14.8 Å². The normalized spacial score (nSPS) is 31.3. The average molecular weight is 372 g/mol. The fraction of sp³-hybridized carbons (Fsp3) is 0.600. The lowest BCUT2D eigenvalue weighted by Crippen LogP contribution is -2.46. The van der Waals surface area contributed by atoms with Crippen molar-refractivity contribution in [3.63, 3.8) is 0 Å². The van der Waals surface area contributed by atoms with Crippen LogP contribution in [-0.4, -0.2) is 42.4 Å². The van der Waals surface area contributed by atoms with Gasteiger partial charge in [0.1, 0.15) is 6.10 Å². The van der Waals surface area contributed by atoms with Gasteiger partial charge in [0.25, 0.3) is 0 Å². The van der Waals surface area contributed by atoms with Gasteiger partial charge in [0, 0.05) is 30.8 Å². The smallest absolute Gasteiger partial charge is 0.411 e. The number of amides is 2. The van der Waals surface area contributed by atoms with Crippen LogP contribution in [0.1, 0.15) is 38.5 Å². The monoisotopic (exact) mass is 372 g/mol. The van der Waals surface area contributed by atoms with Crippen molar-refractivity contribution in [3.8, 4) is 11.5 Å². The predicted molar refractivity (Wildman–Crippen MR) is 96.6 cm³/mol. The first kappa shape index (κ1) is 16.7. The fourth-order valence-corrected chi connectivity index (χ4v) is 5.29. The molecular weight excluding hydrogens is 348 g/mol. The molecule has 0 aromatic heterocycles. The predicted octanol–water partition coefficient (Wildman–Crippen LogP) is 3.14. The first-order chi connectivity index (χ1) is 13.2. The summed E-state index contributed by atoms with van der Waals surface area (Å²) >= 11 is 0. The number of hydrogen-bond donors (Lipinski definition) is 1. The van der Waals surface area contributed by atoms with E-state index in [0.717, 1.165) is 38.6 Å². The Morgan fingerprint density at radius 2 is 1.96 bits per heavy atom. The number of rotatable bonds is 2. The summed E-state index contributed by atoms with van der Waals surface area (Å²) < 4.78 is 16.4. The van der Waals surface area contributed by atoms with Gasteiger partial charge in [-0.05, 0) is 56.1 Å². The van der Waals surface area contributed by atoms with Gasteiger partial charge >= 0.3 is 6.09 Å². The average Bonchev–Trinajstić information content (AvgIpc) is 3.24. The molecule has 0 bridgehead atoms. The molecule has 3 heterocycles. The minimum absolute atomic E-state index is 0.0848. The quantitative estimate of drug-likeness (QED) is 0.863. The molecule has 7 heteroatoms. The molecule has 2 amide bonds. The number of ether oxygens (including phenoxy) is 3. The Labute approximate surface area is 157 Å². The van der Waals surface area contributed by atoms with Crippen LogP contribution in [0.5, 0.6) is 11.5 Å². The van der Waals surface area contributed by atoms with E-state index in [9.17, 15) is 9.59 Å². The lowest BCUT2D eigenvalue weighted by atomic mass is 9.74. The molecule has 2 saturated heterocycles. The Morgan fingerprint density at radius 3 is 2.85 bits per heavy atom. The zero-order chi connectivity index (χ0) is 18.4. The van der Waals surface area contributed by atoms with Crippen molar-refractivity contribution < 1.29 is 23.8 Å². The third kappa shape index (κ3) is 3.09. The van der Waals surface area contributed by atoms with Gasteiger partial charge in [-0.3, -0.25) is 10.1 Å². The van der Waals surface area contributed by atoms with Crippen LogP contribution in [0.25, 0.3) is 0 Å². The second-order valence-corrected chi connectivity index (χ2v) is 7.97. The maximum Gasteiger partial charge on any atom is 0.411 e. The van der Waals surface area contributed by atoms with Crippen molar-refractivity contribution in [2.45, 2.75) is 50.7 Å². The van der Waals surface area contributed by atoms with Crippen LogP contribution in [-0.2, 0) is 9.53 Å². The fourth-order valence-electron chi connectivity index (χ4n) is 5.29. The van der Waals surface area contributed by atoms with Crippen molar-refractivity contribution >= 4 is 17.7 Å². The number of benzene rings is 1. The van der Waals surface area contributed by atoms with Gasteiger partial charge in [-0.25, -0.2) is 4.79 Å². The summed E-state index contributed by atoms with van der Waals surface area (Å²) in [4.78, 5) is 26.8. The van der Waals surface area contributed by atoms with Crippen molar-refractivity contribution in [1.29, 1.82) is 0 Å². The third-order valence-electron chi connectivity index (χ3n) is 6.38. The highest BCUT2D eigenvalue weighted by Crippen LogP contribution is 2.44. The highest BCUT2D eigenvalue weighted by molar-refractivity contribution is 5.85. The van der Waals surface area contributed by atoms with Gasteiger partial charge in [-0.15, -0.1) is 0 Å². The number of fused-ring (bicyclic) bond motifs is 1. The van der Waals surface area contributed by atoms with E-state index in [-0.39, 0.29) is 12.9 Å². The van der Waals surface area contributed by atoms with E-state index in [1.54, 1.807) is 18.2 Å². The molecule has 0 spiro atoms. The molecule has 1 aromatic rings. The minimum atomic E-state index is -0.433. The Hall–Kier alpha value is -2.44. The molecule has 1 N–H and O–H groups in total. The number of nitrogens with one attached hydrogen (secondary N) is 1. The van der Waals surface area contributed by atoms with Gasteiger partial charge in [-0.2, -0.15) is 0 Å². The Morgan fingerprint density at radius 1 is 1.15 bits per heavy atom. The third-order valence-corrected chi connectivity index (χ3v) is 6.38. The molecule has 0 radical (unpaired) electrons. The number of carbonyl (C=O) groups is 2. The summed E-state index contributed by atoms with van der Waals surface area (Å²) in [7, 11) is 0. The molecule has 7 nitrogen and oxygen atoms in total. The van der Waals surface area contributed by atoms with E-state index < -0.39 is 6.09 Å². The van der Waals surface area contributed by atoms with Crippen molar-refractivity contribution in [1.82, 2.24) is 4.90 Å². The molecule has 4 unspecified atom stereocenters. The molecule has 1 saturated carbocycles. The maximum atomic E-state index is 12.4. The molecule has 1 aliphatic carbocycles. The van der Waals surface area contributed by atoms with E-state index in [1.165, 1.54) is 0 Å². The van der Waals surface area contributed by atoms with Crippen molar-refractivity contribution in [2.24, 2.45) is 11.8 Å². The number of carbonyl (C=O) groups excluding carboxylic acids is 2.